The van der Waals surface area contributed by atoms with Crippen LogP contribution < -0.4 is 5.32 Å². The third-order valence-corrected chi connectivity index (χ3v) is 2.28. The van der Waals surface area contributed by atoms with Crippen molar-refractivity contribution in [3.8, 4) is 5.69 Å². The molecule has 0 amide bonds. The first kappa shape index (κ1) is 12.1. The van der Waals surface area contributed by atoms with E-state index in [-0.39, 0.29) is 11.4 Å². The number of nitrogens with one attached hydrogen (secondary N) is 1. The number of nitro benzene ring substituents is 1. The fraction of sp³-hybridized carbons (Fsp3) is 0.200. The van der Waals surface area contributed by atoms with Crippen LogP contribution in [-0.4, -0.2) is 27.0 Å². The number of rotatable bonds is 4. The minimum Gasteiger partial charge on any atom is -0.314 e. The van der Waals surface area contributed by atoms with Crippen molar-refractivity contribution in [3.05, 3.63) is 46.0 Å². The molecule has 0 unspecified atom stereocenters. The topological polar surface area (TPSA) is 85.9 Å². The maximum absolute atomic E-state index is 13.2. The molecule has 1 N–H and O–H groups in total. The smallest absolute Gasteiger partial charge is 0.295 e. The van der Waals surface area contributed by atoms with E-state index in [1.807, 2.05) is 0 Å². The van der Waals surface area contributed by atoms with Crippen LogP contribution in [0.4, 0.5) is 10.1 Å². The second-order valence-corrected chi connectivity index (χ2v) is 3.57. The summed E-state index contributed by atoms with van der Waals surface area (Å²) in [7, 11) is 1.74. The molecular formula is C10H10FN5O2. The van der Waals surface area contributed by atoms with Gasteiger partial charge in [0.1, 0.15) is 11.5 Å². The number of nitrogens with zero attached hydrogens (tertiary/aromatic N) is 4. The van der Waals surface area contributed by atoms with Crippen molar-refractivity contribution in [3.63, 3.8) is 0 Å². The van der Waals surface area contributed by atoms with Gasteiger partial charge in [-0.2, -0.15) is 0 Å². The molecule has 0 saturated heterocycles. The molecule has 7 nitrogen and oxygen atoms in total. The van der Waals surface area contributed by atoms with Crippen LogP contribution in [0.5, 0.6) is 0 Å². The Morgan fingerprint density at radius 1 is 1.56 bits per heavy atom. The van der Waals surface area contributed by atoms with Crippen LogP contribution in [0.25, 0.3) is 5.69 Å². The molecule has 0 spiro atoms. The quantitative estimate of drug-likeness (QED) is 0.648. The molecular weight excluding hydrogens is 241 g/mol. The summed E-state index contributed by atoms with van der Waals surface area (Å²) in [4.78, 5) is 10.3. The molecule has 2 aromatic rings. The third-order valence-electron chi connectivity index (χ3n) is 2.28. The summed E-state index contributed by atoms with van der Waals surface area (Å²) in [5.74, 6) is -0.568. The molecule has 2 rings (SSSR count). The van der Waals surface area contributed by atoms with E-state index in [0.717, 1.165) is 18.2 Å². The highest BCUT2D eigenvalue weighted by Crippen LogP contribution is 2.22. The first-order valence-electron chi connectivity index (χ1n) is 5.12. The Balaban J connectivity index is 2.47. The lowest BCUT2D eigenvalue weighted by atomic mass is 10.2. The standard InChI is InChI=1S/C10H10FN5O2/c1-12-5-8-6-15(14-13-8)10-4-7(11)2-3-9(10)16(17)18/h2-4,6,12H,5H2,1H3. The van der Waals surface area contributed by atoms with Gasteiger partial charge in [0, 0.05) is 18.7 Å². The van der Waals surface area contributed by atoms with Crippen molar-refractivity contribution in [1.29, 1.82) is 0 Å². The second-order valence-electron chi connectivity index (χ2n) is 3.57. The van der Waals surface area contributed by atoms with Crippen LogP contribution in [0.2, 0.25) is 0 Å². The third kappa shape index (κ3) is 2.33. The Morgan fingerprint density at radius 2 is 2.33 bits per heavy atom. The van der Waals surface area contributed by atoms with E-state index in [0.29, 0.717) is 12.2 Å². The van der Waals surface area contributed by atoms with Crippen molar-refractivity contribution in [2.24, 2.45) is 0 Å². The van der Waals surface area contributed by atoms with Gasteiger partial charge in [-0.3, -0.25) is 10.1 Å². The van der Waals surface area contributed by atoms with Crippen LogP contribution in [0.15, 0.2) is 24.4 Å². The summed E-state index contributed by atoms with van der Waals surface area (Å²) in [6, 6.07) is 3.19. The van der Waals surface area contributed by atoms with Crippen molar-refractivity contribution in [2.45, 2.75) is 6.54 Å². The number of benzene rings is 1. The average Bonchev–Trinajstić information content (AvgIpc) is 2.77. The minimum absolute atomic E-state index is 0.0508. The molecule has 0 radical (unpaired) electrons. The number of hydrogen-bond acceptors (Lipinski definition) is 5. The fourth-order valence-corrected chi connectivity index (χ4v) is 1.51. The molecule has 1 heterocycles. The van der Waals surface area contributed by atoms with Crippen LogP contribution in [0.1, 0.15) is 5.69 Å². The summed E-state index contributed by atoms with van der Waals surface area (Å²) in [5, 5.41) is 21.3. The van der Waals surface area contributed by atoms with Gasteiger partial charge in [0.05, 0.1) is 16.8 Å². The first-order valence-corrected chi connectivity index (χ1v) is 5.12. The number of hydrogen-bond donors (Lipinski definition) is 1. The van der Waals surface area contributed by atoms with Gasteiger partial charge in [-0.15, -0.1) is 5.10 Å². The summed E-state index contributed by atoms with van der Waals surface area (Å²) < 4.78 is 14.3. The van der Waals surface area contributed by atoms with Crippen LogP contribution in [0, 0.1) is 15.9 Å². The van der Waals surface area contributed by atoms with Crippen LogP contribution in [0.3, 0.4) is 0 Å². The predicted octanol–water partition coefficient (Wildman–Crippen LogP) is 1.03. The van der Waals surface area contributed by atoms with Gasteiger partial charge < -0.3 is 5.32 Å². The van der Waals surface area contributed by atoms with E-state index >= 15 is 0 Å². The highest BCUT2D eigenvalue weighted by atomic mass is 19.1. The van der Waals surface area contributed by atoms with Gasteiger partial charge in [0.25, 0.3) is 5.69 Å². The van der Waals surface area contributed by atoms with E-state index in [2.05, 4.69) is 15.6 Å². The molecule has 8 heteroatoms. The number of halogens is 1. The maximum Gasteiger partial charge on any atom is 0.295 e. The zero-order valence-corrected chi connectivity index (χ0v) is 9.50. The summed E-state index contributed by atoms with van der Waals surface area (Å²) >= 11 is 0. The lowest BCUT2D eigenvalue weighted by molar-refractivity contribution is -0.384. The zero-order valence-electron chi connectivity index (χ0n) is 9.50. The Labute approximate surface area is 101 Å². The van der Waals surface area contributed by atoms with Crippen LogP contribution >= 0.6 is 0 Å². The number of aromatic nitrogens is 3. The fourth-order valence-electron chi connectivity index (χ4n) is 1.51. The summed E-state index contributed by atoms with van der Waals surface area (Å²) in [6.45, 7) is 0.475. The Hall–Kier alpha value is -2.35. The van der Waals surface area contributed by atoms with E-state index in [9.17, 15) is 14.5 Å². The summed E-state index contributed by atoms with van der Waals surface area (Å²) in [6.07, 6.45) is 1.51. The summed E-state index contributed by atoms with van der Waals surface area (Å²) in [5.41, 5.74) is 0.434. The molecule has 0 aliphatic carbocycles. The van der Waals surface area contributed by atoms with Crippen LogP contribution in [-0.2, 0) is 6.54 Å². The molecule has 1 aromatic carbocycles. The van der Waals surface area contributed by atoms with Crippen molar-refractivity contribution < 1.29 is 9.31 Å². The maximum atomic E-state index is 13.2. The van der Waals surface area contributed by atoms with E-state index in [1.165, 1.54) is 10.9 Å². The molecule has 18 heavy (non-hydrogen) atoms. The molecule has 0 aliphatic rings. The lowest BCUT2D eigenvalue weighted by Crippen LogP contribution is -2.05. The predicted molar refractivity (Wildman–Crippen MR) is 60.7 cm³/mol. The van der Waals surface area contributed by atoms with E-state index in [4.69, 9.17) is 0 Å². The highest BCUT2D eigenvalue weighted by Gasteiger charge is 2.17. The Kier molecular flexibility index (Phi) is 3.28. The van der Waals surface area contributed by atoms with Gasteiger partial charge >= 0.3 is 0 Å². The number of nitro groups is 1. The Morgan fingerprint density at radius 3 is 3.00 bits per heavy atom. The van der Waals surface area contributed by atoms with Gasteiger partial charge in [0.15, 0.2) is 0 Å². The molecule has 0 bridgehead atoms. The molecule has 1 aromatic heterocycles. The highest BCUT2D eigenvalue weighted by molar-refractivity contribution is 5.51. The van der Waals surface area contributed by atoms with E-state index in [1.54, 1.807) is 7.05 Å². The molecule has 0 aliphatic heterocycles. The molecule has 0 atom stereocenters. The van der Waals surface area contributed by atoms with Gasteiger partial charge in [-0.1, -0.05) is 5.21 Å². The van der Waals surface area contributed by atoms with Crippen molar-refractivity contribution >= 4 is 5.69 Å². The zero-order chi connectivity index (χ0) is 13.1. The van der Waals surface area contributed by atoms with Crippen molar-refractivity contribution in [1.82, 2.24) is 20.3 Å². The largest absolute Gasteiger partial charge is 0.314 e. The Bertz CT molecular complexity index is 583. The normalized spacial score (nSPS) is 10.6. The SMILES string of the molecule is CNCc1cn(-c2cc(F)ccc2[N+](=O)[O-])nn1. The van der Waals surface area contributed by atoms with Gasteiger partial charge in [0.2, 0.25) is 0 Å². The average molecular weight is 251 g/mol. The van der Waals surface area contributed by atoms with Crippen molar-refractivity contribution in [2.75, 3.05) is 7.05 Å². The monoisotopic (exact) mass is 251 g/mol. The molecule has 0 fully saturated rings. The molecule has 94 valence electrons. The lowest BCUT2D eigenvalue weighted by Gasteiger charge is -2.01. The molecule has 0 saturated carbocycles. The van der Waals surface area contributed by atoms with Gasteiger partial charge in [-0.25, -0.2) is 9.07 Å². The first-order chi connectivity index (χ1) is 8.61. The second kappa shape index (κ2) is 4.88. The minimum atomic E-state index is -0.589. The van der Waals surface area contributed by atoms with Gasteiger partial charge in [-0.05, 0) is 13.1 Å². The van der Waals surface area contributed by atoms with E-state index < -0.39 is 10.7 Å².